The SMILES string of the molecule is COc1ccc(-c2nn(-c3ccccc3)cc2CNCCNCc2cn(-c3ccccc3)nc2-c2ccc(OC)cc2)cc1. The number of hydrogen-bond donors (Lipinski definition) is 2. The summed E-state index contributed by atoms with van der Waals surface area (Å²) in [5.74, 6) is 1.65. The van der Waals surface area contributed by atoms with Gasteiger partial charge in [-0.05, 0) is 72.8 Å². The number of ether oxygens (including phenoxy) is 2. The third-order valence-electron chi connectivity index (χ3n) is 7.46. The lowest BCUT2D eigenvalue weighted by atomic mass is 10.1. The molecule has 0 fully saturated rings. The van der Waals surface area contributed by atoms with Gasteiger partial charge in [-0.2, -0.15) is 10.2 Å². The van der Waals surface area contributed by atoms with Crippen molar-refractivity contribution in [2.45, 2.75) is 13.1 Å². The van der Waals surface area contributed by atoms with Gasteiger partial charge in [0, 0.05) is 60.8 Å². The van der Waals surface area contributed by atoms with Crippen molar-refractivity contribution in [3.8, 4) is 45.4 Å². The van der Waals surface area contributed by atoms with Crippen LogP contribution in [-0.4, -0.2) is 46.9 Å². The second-order valence-electron chi connectivity index (χ2n) is 10.4. The lowest BCUT2D eigenvalue weighted by molar-refractivity contribution is 0.415. The van der Waals surface area contributed by atoms with Gasteiger partial charge in [0.25, 0.3) is 0 Å². The van der Waals surface area contributed by atoms with E-state index in [0.717, 1.165) is 69.6 Å². The summed E-state index contributed by atoms with van der Waals surface area (Å²) in [7, 11) is 3.36. The van der Waals surface area contributed by atoms with Gasteiger partial charge in [0.15, 0.2) is 0 Å². The molecule has 8 heteroatoms. The van der Waals surface area contributed by atoms with Crippen molar-refractivity contribution in [2.24, 2.45) is 0 Å². The largest absolute Gasteiger partial charge is 0.497 e. The zero-order chi connectivity index (χ0) is 30.1. The fourth-order valence-electron chi connectivity index (χ4n) is 5.11. The van der Waals surface area contributed by atoms with E-state index in [1.54, 1.807) is 14.2 Å². The molecule has 222 valence electrons. The Morgan fingerprint density at radius 1 is 0.523 bits per heavy atom. The number of nitrogens with one attached hydrogen (secondary N) is 2. The highest BCUT2D eigenvalue weighted by Crippen LogP contribution is 2.27. The lowest BCUT2D eigenvalue weighted by Crippen LogP contribution is -2.26. The molecule has 4 aromatic carbocycles. The molecule has 0 aliphatic heterocycles. The molecule has 2 aromatic heterocycles. The van der Waals surface area contributed by atoms with Crippen molar-refractivity contribution in [3.05, 3.63) is 133 Å². The highest BCUT2D eigenvalue weighted by Gasteiger charge is 2.14. The minimum Gasteiger partial charge on any atom is -0.497 e. The van der Waals surface area contributed by atoms with E-state index in [2.05, 4.69) is 71.6 Å². The molecule has 0 unspecified atom stereocenters. The van der Waals surface area contributed by atoms with Crippen LogP contribution in [0.15, 0.2) is 122 Å². The maximum atomic E-state index is 5.35. The average molecular weight is 585 g/mol. The van der Waals surface area contributed by atoms with Gasteiger partial charge in [0.1, 0.15) is 11.5 Å². The van der Waals surface area contributed by atoms with Crippen LogP contribution in [0.1, 0.15) is 11.1 Å². The molecule has 0 aliphatic rings. The quantitative estimate of drug-likeness (QED) is 0.155. The molecule has 6 rings (SSSR count). The topological polar surface area (TPSA) is 78.2 Å². The first kappa shape index (κ1) is 28.9. The maximum Gasteiger partial charge on any atom is 0.118 e. The van der Waals surface area contributed by atoms with Crippen molar-refractivity contribution < 1.29 is 9.47 Å². The fourth-order valence-corrected chi connectivity index (χ4v) is 5.11. The molecule has 0 amide bonds. The summed E-state index contributed by atoms with van der Waals surface area (Å²) >= 11 is 0. The molecular formula is C36H36N6O2. The van der Waals surface area contributed by atoms with Gasteiger partial charge in [0.05, 0.1) is 37.0 Å². The van der Waals surface area contributed by atoms with Gasteiger partial charge in [-0.3, -0.25) is 0 Å². The van der Waals surface area contributed by atoms with Crippen LogP contribution in [-0.2, 0) is 13.1 Å². The van der Waals surface area contributed by atoms with Gasteiger partial charge < -0.3 is 20.1 Å². The minimum atomic E-state index is 0.693. The van der Waals surface area contributed by atoms with Crippen molar-refractivity contribution >= 4 is 0 Å². The molecule has 6 aromatic rings. The van der Waals surface area contributed by atoms with E-state index >= 15 is 0 Å². The van der Waals surface area contributed by atoms with E-state index < -0.39 is 0 Å². The second kappa shape index (κ2) is 13.9. The molecule has 0 saturated carbocycles. The molecule has 0 spiro atoms. The molecule has 8 nitrogen and oxygen atoms in total. The number of aromatic nitrogens is 4. The highest BCUT2D eigenvalue weighted by molar-refractivity contribution is 5.65. The summed E-state index contributed by atoms with van der Waals surface area (Å²) in [6.07, 6.45) is 4.21. The second-order valence-corrected chi connectivity index (χ2v) is 10.4. The Kier molecular flexibility index (Phi) is 9.11. The maximum absolute atomic E-state index is 5.35. The predicted molar refractivity (Wildman–Crippen MR) is 175 cm³/mol. The van der Waals surface area contributed by atoms with Crippen LogP contribution in [0.25, 0.3) is 33.9 Å². The molecule has 2 heterocycles. The molecule has 0 bridgehead atoms. The Balaban J connectivity index is 1.12. The van der Waals surface area contributed by atoms with Crippen molar-refractivity contribution in [2.75, 3.05) is 27.3 Å². The number of methoxy groups -OCH3 is 2. The van der Waals surface area contributed by atoms with Crippen molar-refractivity contribution in [1.82, 2.24) is 30.2 Å². The van der Waals surface area contributed by atoms with Gasteiger partial charge >= 0.3 is 0 Å². The van der Waals surface area contributed by atoms with E-state index in [4.69, 9.17) is 19.7 Å². The normalized spacial score (nSPS) is 11.0. The first-order chi connectivity index (χ1) is 21.7. The third-order valence-corrected chi connectivity index (χ3v) is 7.46. The monoisotopic (exact) mass is 584 g/mol. The van der Waals surface area contributed by atoms with Gasteiger partial charge in [-0.1, -0.05) is 36.4 Å². The minimum absolute atomic E-state index is 0.693. The Morgan fingerprint density at radius 2 is 0.909 bits per heavy atom. The number of nitrogens with zero attached hydrogens (tertiary/aromatic N) is 4. The smallest absolute Gasteiger partial charge is 0.118 e. The van der Waals surface area contributed by atoms with Crippen LogP contribution < -0.4 is 20.1 Å². The van der Waals surface area contributed by atoms with Crippen molar-refractivity contribution in [1.29, 1.82) is 0 Å². The Labute approximate surface area is 257 Å². The summed E-state index contributed by atoms with van der Waals surface area (Å²) in [4.78, 5) is 0. The standard InChI is InChI=1S/C36H36N6O2/c1-43-33-17-13-27(14-18-33)35-29(25-41(39-35)31-9-5-3-6-10-31)23-37-21-22-38-24-30-26-42(32-11-7-4-8-12-32)40-36(30)28-15-19-34(44-2)20-16-28/h3-20,25-26,37-38H,21-24H2,1-2H3. The van der Waals surface area contributed by atoms with E-state index in [1.807, 2.05) is 70.0 Å². The third kappa shape index (κ3) is 6.72. The summed E-state index contributed by atoms with van der Waals surface area (Å²) < 4.78 is 14.6. The predicted octanol–water partition coefficient (Wildman–Crippen LogP) is 6.29. The van der Waals surface area contributed by atoms with Gasteiger partial charge in [-0.15, -0.1) is 0 Å². The van der Waals surface area contributed by atoms with Crippen LogP contribution in [0, 0.1) is 0 Å². The van der Waals surface area contributed by atoms with Crippen LogP contribution in [0.5, 0.6) is 11.5 Å². The van der Waals surface area contributed by atoms with E-state index in [0.29, 0.717) is 13.1 Å². The summed E-state index contributed by atoms with van der Waals surface area (Å²) in [6.45, 7) is 2.98. The first-order valence-corrected chi connectivity index (χ1v) is 14.7. The Hall–Kier alpha value is -5.18. The Morgan fingerprint density at radius 3 is 1.27 bits per heavy atom. The van der Waals surface area contributed by atoms with E-state index in [9.17, 15) is 0 Å². The molecule has 0 aliphatic carbocycles. The van der Waals surface area contributed by atoms with Crippen LogP contribution in [0.3, 0.4) is 0 Å². The zero-order valence-electron chi connectivity index (χ0n) is 25.0. The zero-order valence-corrected chi connectivity index (χ0v) is 25.0. The van der Waals surface area contributed by atoms with Crippen molar-refractivity contribution in [3.63, 3.8) is 0 Å². The molecule has 0 atom stereocenters. The number of hydrogen-bond acceptors (Lipinski definition) is 6. The van der Waals surface area contributed by atoms with E-state index in [-0.39, 0.29) is 0 Å². The fraction of sp³-hybridized carbons (Fsp3) is 0.167. The number of para-hydroxylation sites is 2. The highest BCUT2D eigenvalue weighted by atomic mass is 16.5. The van der Waals surface area contributed by atoms with Gasteiger partial charge in [0.2, 0.25) is 0 Å². The molecule has 44 heavy (non-hydrogen) atoms. The molecule has 2 N–H and O–H groups in total. The summed E-state index contributed by atoms with van der Waals surface area (Å²) in [6, 6.07) is 36.5. The van der Waals surface area contributed by atoms with Crippen LogP contribution in [0.2, 0.25) is 0 Å². The first-order valence-electron chi connectivity index (χ1n) is 14.7. The van der Waals surface area contributed by atoms with Gasteiger partial charge in [-0.25, -0.2) is 9.36 Å². The average Bonchev–Trinajstić information content (AvgIpc) is 3.72. The number of rotatable bonds is 13. The Bertz CT molecular complexity index is 1630. The molecule has 0 radical (unpaired) electrons. The molecule has 0 saturated heterocycles. The van der Waals surface area contributed by atoms with E-state index in [1.165, 1.54) is 0 Å². The number of benzene rings is 4. The lowest BCUT2D eigenvalue weighted by Gasteiger charge is -2.08. The molecular weight excluding hydrogens is 548 g/mol. The summed E-state index contributed by atoms with van der Waals surface area (Å²) in [5, 5.41) is 17.1. The van der Waals surface area contributed by atoms with Crippen LogP contribution >= 0.6 is 0 Å². The summed E-state index contributed by atoms with van der Waals surface area (Å²) in [5.41, 5.74) is 8.32. The van der Waals surface area contributed by atoms with Crippen LogP contribution in [0.4, 0.5) is 0 Å².